The van der Waals surface area contributed by atoms with Gasteiger partial charge in [-0.1, -0.05) is 0 Å². The summed E-state index contributed by atoms with van der Waals surface area (Å²) in [6.07, 6.45) is 3.31. The van der Waals surface area contributed by atoms with Crippen molar-refractivity contribution < 1.29 is 14.3 Å². The number of hydrogen-bond donors (Lipinski definition) is 1. The van der Waals surface area contributed by atoms with Gasteiger partial charge >= 0.3 is 0 Å². The summed E-state index contributed by atoms with van der Waals surface area (Å²) in [6.45, 7) is 0.790. The van der Waals surface area contributed by atoms with Crippen LogP contribution in [0.5, 0.6) is 11.5 Å². The fourth-order valence-electron chi connectivity index (χ4n) is 3.38. The number of nitrogens with one attached hydrogen (secondary N) is 1. The second-order valence-corrected chi connectivity index (χ2v) is 6.41. The first-order valence-corrected chi connectivity index (χ1v) is 8.88. The molecule has 0 unspecified atom stereocenters. The molecule has 2 aromatic carbocycles. The fourth-order valence-corrected chi connectivity index (χ4v) is 3.38. The van der Waals surface area contributed by atoms with Crippen LogP contribution in [0.3, 0.4) is 0 Å². The Balaban J connectivity index is 1.64. The molecule has 6 nitrogen and oxygen atoms in total. The number of rotatable bonds is 5. The minimum atomic E-state index is 0.187. The first kappa shape index (κ1) is 17.1. The van der Waals surface area contributed by atoms with Gasteiger partial charge in [0.2, 0.25) is 5.91 Å². The second kappa shape index (κ2) is 7.15. The molecule has 0 bridgehead atoms. The highest BCUT2D eigenvalue weighted by molar-refractivity contribution is 5.97. The van der Waals surface area contributed by atoms with E-state index in [1.54, 1.807) is 20.4 Å². The second-order valence-electron chi connectivity index (χ2n) is 6.41. The summed E-state index contributed by atoms with van der Waals surface area (Å²) in [7, 11) is 3.24. The molecule has 0 spiro atoms. The summed E-state index contributed by atoms with van der Waals surface area (Å²) in [5.74, 6) is 2.26. The Hall–Kier alpha value is -3.28. The van der Waals surface area contributed by atoms with E-state index in [0.29, 0.717) is 17.9 Å². The van der Waals surface area contributed by atoms with Gasteiger partial charge in [0.25, 0.3) is 0 Å². The van der Waals surface area contributed by atoms with Crippen molar-refractivity contribution in [3.8, 4) is 11.5 Å². The topological polar surface area (TPSA) is 63.7 Å². The van der Waals surface area contributed by atoms with E-state index in [1.807, 2.05) is 47.4 Å². The minimum absolute atomic E-state index is 0.187. The Morgan fingerprint density at radius 1 is 1.04 bits per heavy atom. The number of ether oxygens (including phenoxy) is 2. The van der Waals surface area contributed by atoms with Crippen molar-refractivity contribution in [2.75, 3.05) is 31.0 Å². The minimum Gasteiger partial charge on any atom is -0.493 e. The van der Waals surface area contributed by atoms with Crippen molar-refractivity contribution in [3.05, 3.63) is 48.7 Å². The molecule has 27 heavy (non-hydrogen) atoms. The molecule has 1 saturated heterocycles. The molecule has 4 rings (SSSR count). The van der Waals surface area contributed by atoms with Crippen LogP contribution in [-0.4, -0.2) is 31.7 Å². The lowest BCUT2D eigenvalue weighted by Gasteiger charge is -2.16. The molecule has 1 fully saturated rings. The zero-order valence-corrected chi connectivity index (χ0v) is 15.4. The molecule has 2 heterocycles. The smallest absolute Gasteiger partial charge is 0.227 e. The predicted octanol–water partition coefficient (Wildman–Crippen LogP) is 4.12. The third kappa shape index (κ3) is 3.26. The van der Waals surface area contributed by atoms with Gasteiger partial charge in [-0.3, -0.25) is 4.79 Å². The number of nitrogens with zero attached hydrogens (tertiary/aromatic N) is 2. The number of amides is 1. The number of pyridine rings is 1. The molecular weight excluding hydrogens is 342 g/mol. The number of benzene rings is 2. The van der Waals surface area contributed by atoms with Crippen molar-refractivity contribution in [2.24, 2.45) is 0 Å². The summed E-state index contributed by atoms with van der Waals surface area (Å²) in [4.78, 5) is 18.2. The Kier molecular flexibility index (Phi) is 4.54. The molecule has 1 aliphatic heterocycles. The molecule has 0 radical (unpaired) electrons. The zero-order chi connectivity index (χ0) is 18.8. The third-order valence-electron chi connectivity index (χ3n) is 4.78. The number of hydrogen-bond acceptors (Lipinski definition) is 5. The SMILES string of the molecule is COc1cc2ccnc(Nc3ccc(N4CCCC4=O)cc3)c2cc1OC. The number of aromatic nitrogens is 1. The van der Waals surface area contributed by atoms with Gasteiger partial charge in [-0.15, -0.1) is 0 Å². The summed E-state index contributed by atoms with van der Waals surface area (Å²) in [6, 6.07) is 13.6. The van der Waals surface area contributed by atoms with E-state index >= 15 is 0 Å². The van der Waals surface area contributed by atoms with E-state index in [0.717, 1.165) is 40.9 Å². The fraction of sp³-hybridized carbons (Fsp3) is 0.238. The standard InChI is InChI=1S/C21H21N3O3/c1-26-18-12-14-9-10-22-21(17(14)13-19(18)27-2)23-15-5-7-16(8-6-15)24-11-3-4-20(24)25/h5-10,12-13H,3-4,11H2,1-2H3,(H,22,23). The Morgan fingerprint density at radius 3 is 2.44 bits per heavy atom. The van der Waals surface area contributed by atoms with Gasteiger partial charge in [-0.05, 0) is 54.3 Å². The number of fused-ring (bicyclic) bond motifs is 1. The van der Waals surface area contributed by atoms with Crippen LogP contribution in [0.1, 0.15) is 12.8 Å². The van der Waals surface area contributed by atoms with Crippen LogP contribution in [-0.2, 0) is 4.79 Å². The molecule has 138 valence electrons. The zero-order valence-electron chi connectivity index (χ0n) is 15.4. The summed E-state index contributed by atoms with van der Waals surface area (Å²) >= 11 is 0. The molecule has 6 heteroatoms. The Labute approximate surface area is 157 Å². The number of anilines is 3. The molecule has 1 N–H and O–H groups in total. The molecular formula is C21H21N3O3. The van der Waals surface area contributed by atoms with E-state index in [1.165, 1.54) is 0 Å². The number of carbonyl (C=O) groups excluding carboxylic acids is 1. The Bertz CT molecular complexity index is 986. The van der Waals surface area contributed by atoms with Crippen LogP contribution in [0.2, 0.25) is 0 Å². The lowest BCUT2D eigenvalue weighted by Crippen LogP contribution is -2.23. The lowest BCUT2D eigenvalue weighted by molar-refractivity contribution is -0.117. The van der Waals surface area contributed by atoms with Crippen molar-refractivity contribution in [1.29, 1.82) is 0 Å². The van der Waals surface area contributed by atoms with Crippen LogP contribution in [0.15, 0.2) is 48.7 Å². The van der Waals surface area contributed by atoms with Gasteiger partial charge in [0.1, 0.15) is 5.82 Å². The maximum atomic E-state index is 11.9. The van der Waals surface area contributed by atoms with Crippen molar-refractivity contribution in [1.82, 2.24) is 4.98 Å². The molecule has 0 aliphatic carbocycles. The summed E-state index contributed by atoms with van der Waals surface area (Å²) < 4.78 is 10.8. The van der Waals surface area contributed by atoms with E-state index in [4.69, 9.17) is 9.47 Å². The van der Waals surface area contributed by atoms with Gasteiger partial charge in [0, 0.05) is 35.9 Å². The van der Waals surface area contributed by atoms with Gasteiger partial charge in [0.05, 0.1) is 14.2 Å². The van der Waals surface area contributed by atoms with Gasteiger partial charge in [-0.25, -0.2) is 4.98 Å². The average Bonchev–Trinajstić information content (AvgIpc) is 3.13. The number of methoxy groups -OCH3 is 2. The molecule has 1 amide bonds. The maximum Gasteiger partial charge on any atom is 0.227 e. The van der Waals surface area contributed by atoms with Gasteiger partial charge in [-0.2, -0.15) is 0 Å². The Morgan fingerprint density at radius 2 is 1.78 bits per heavy atom. The third-order valence-corrected chi connectivity index (χ3v) is 4.78. The highest BCUT2D eigenvalue weighted by Crippen LogP contribution is 2.35. The highest BCUT2D eigenvalue weighted by atomic mass is 16.5. The van der Waals surface area contributed by atoms with Crippen molar-refractivity contribution in [2.45, 2.75) is 12.8 Å². The predicted molar refractivity (Wildman–Crippen MR) is 106 cm³/mol. The molecule has 3 aromatic rings. The first-order valence-electron chi connectivity index (χ1n) is 8.88. The largest absolute Gasteiger partial charge is 0.493 e. The molecule has 1 aliphatic rings. The molecule has 0 atom stereocenters. The highest BCUT2D eigenvalue weighted by Gasteiger charge is 2.21. The van der Waals surface area contributed by atoms with E-state index < -0.39 is 0 Å². The lowest BCUT2D eigenvalue weighted by atomic mass is 10.1. The van der Waals surface area contributed by atoms with E-state index in [-0.39, 0.29) is 5.91 Å². The summed E-state index contributed by atoms with van der Waals surface area (Å²) in [5.41, 5.74) is 1.83. The monoisotopic (exact) mass is 363 g/mol. The van der Waals surface area contributed by atoms with E-state index in [9.17, 15) is 4.79 Å². The van der Waals surface area contributed by atoms with Gasteiger partial charge in [0.15, 0.2) is 11.5 Å². The van der Waals surface area contributed by atoms with E-state index in [2.05, 4.69) is 10.3 Å². The van der Waals surface area contributed by atoms with Crippen molar-refractivity contribution >= 4 is 33.9 Å². The van der Waals surface area contributed by atoms with Gasteiger partial charge < -0.3 is 19.7 Å². The maximum absolute atomic E-state index is 11.9. The number of carbonyl (C=O) groups is 1. The van der Waals surface area contributed by atoms with Crippen molar-refractivity contribution in [3.63, 3.8) is 0 Å². The van der Waals surface area contributed by atoms with Crippen LogP contribution in [0.4, 0.5) is 17.2 Å². The van der Waals surface area contributed by atoms with Crippen LogP contribution < -0.4 is 19.7 Å². The molecule has 1 aromatic heterocycles. The molecule has 0 saturated carbocycles. The normalized spacial score (nSPS) is 13.9. The van der Waals surface area contributed by atoms with Crippen LogP contribution in [0, 0.1) is 0 Å². The average molecular weight is 363 g/mol. The van der Waals surface area contributed by atoms with Crippen LogP contribution in [0.25, 0.3) is 10.8 Å². The quantitative estimate of drug-likeness (QED) is 0.739. The summed E-state index contributed by atoms with van der Waals surface area (Å²) in [5, 5.41) is 5.30. The van der Waals surface area contributed by atoms with Crippen LogP contribution >= 0.6 is 0 Å². The first-order chi connectivity index (χ1) is 13.2.